The molecule has 3 heteroatoms. The van der Waals surface area contributed by atoms with Crippen LogP contribution in [-0.2, 0) is 11.2 Å². The van der Waals surface area contributed by atoms with E-state index in [2.05, 4.69) is 5.32 Å². The zero-order valence-corrected chi connectivity index (χ0v) is 8.04. The van der Waals surface area contributed by atoms with Gasteiger partial charge in [-0.2, -0.15) is 0 Å². The van der Waals surface area contributed by atoms with E-state index in [1.165, 1.54) is 0 Å². The molecule has 0 aliphatic rings. The highest BCUT2D eigenvalue weighted by Crippen LogP contribution is 2.01. The molecule has 0 aromatic carbocycles. The van der Waals surface area contributed by atoms with Crippen molar-refractivity contribution in [3.05, 3.63) is 24.2 Å². The summed E-state index contributed by atoms with van der Waals surface area (Å²) in [4.78, 5) is 11.3. The van der Waals surface area contributed by atoms with Crippen molar-refractivity contribution in [1.29, 1.82) is 0 Å². The van der Waals surface area contributed by atoms with Gasteiger partial charge in [0.2, 0.25) is 5.91 Å². The van der Waals surface area contributed by atoms with Crippen LogP contribution in [0.25, 0.3) is 0 Å². The maximum Gasteiger partial charge on any atom is 0.227 e. The van der Waals surface area contributed by atoms with Crippen LogP contribution in [0.15, 0.2) is 22.8 Å². The molecule has 0 saturated carbocycles. The Morgan fingerprint density at radius 3 is 3.00 bits per heavy atom. The fourth-order valence-corrected chi connectivity index (χ4v) is 0.999. The zero-order valence-electron chi connectivity index (χ0n) is 8.04. The van der Waals surface area contributed by atoms with Gasteiger partial charge in [-0.1, -0.05) is 6.92 Å². The van der Waals surface area contributed by atoms with Crippen molar-refractivity contribution in [3.63, 3.8) is 0 Å². The Hall–Kier alpha value is -1.25. The molecule has 0 bridgehead atoms. The number of hydrogen-bond acceptors (Lipinski definition) is 2. The average Bonchev–Trinajstić information content (AvgIpc) is 2.56. The van der Waals surface area contributed by atoms with E-state index in [9.17, 15) is 4.79 Å². The number of furan rings is 1. The minimum absolute atomic E-state index is 0.0179. The summed E-state index contributed by atoms with van der Waals surface area (Å²) in [5, 5.41) is 2.87. The average molecular weight is 181 g/mol. The molecule has 72 valence electrons. The summed E-state index contributed by atoms with van der Waals surface area (Å²) in [6, 6.07) is 3.82. The first-order valence-electron chi connectivity index (χ1n) is 4.54. The highest BCUT2D eigenvalue weighted by Gasteiger charge is 2.07. The molecular formula is C10H15NO2. The third-order valence-corrected chi connectivity index (χ3v) is 1.93. The quantitative estimate of drug-likeness (QED) is 0.768. The van der Waals surface area contributed by atoms with E-state index in [0.29, 0.717) is 12.2 Å². The maximum atomic E-state index is 11.3. The van der Waals surface area contributed by atoms with Gasteiger partial charge in [-0.15, -0.1) is 0 Å². The van der Waals surface area contributed by atoms with Crippen molar-refractivity contribution in [2.75, 3.05) is 0 Å². The molecule has 1 N–H and O–H groups in total. The summed E-state index contributed by atoms with van der Waals surface area (Å²) >= 11 is 0. The van der Waals surface area contributed by atoms with Crippen LogP contribution >= 0.6 is 0 Å². The summed E-state index contributed by atoms with van der Waals surface area (Å²) in [5.41, 5.74) is 0. The van der Waals surface area contributed by atoms with Gasteiger partial charge in [0.25, 0.3) is 0 Å². The van der Waals surface area contributed by atoms with Crippen molar-refractivity contribution in [3.8, 4) is 0 Å². The fourth-order valence-electron chi connectivity index (χ4n) is 0.999. The van der Waals surface area contributed by atoms with E-state index in [1.807, 2.05) is 13.8 Å². The molecule has 1 heterocycles. The Labute approximate surface area is 78.1 Å². The first-order valence-corrected chi connectivity index (χ1v) is 4.54. The lowest BCUT2D eigenvalue weighted by Gasteiger charge is -2.09. The zero-order chi connectivity index (χ0) is 9.68. The van der Waals surface area contributed by atoms with Crippen LogP contribution in [0.2, 0.25) is 0 Å². The Bertz CT molecular complexity index is 254. The third-order valence-electron chi connectivity index (χ3n) is 1.93. The molecule has 1 amide bonds. The van der Waals surface area contributed by atoms with Crippen LogP contribution in [0, 0.1) is 0 Å². The summed E-state index contributed by atoms with van der Waals surface area (Å²) in [7, 11) is 0. The molecule has 3 nitrogen and oxygen atoms in total. The number of carbonyl (C=O) groups excluding carboxylic acids is 1. The molecule has 1 aromatic rings. The molecule has 1 aromatic heterocycles. The van der Waals surface area contributed by atoms with E-state index in [-0.39, 0.29) is 11.9 Å². The van der Waals surface area contributed by atoms with Crippen LogP contribution in [0.5, 0.6) is 0 Å². The minimum Gasteiger partial charge on any atom is -0.469 e. The lowest BCUT2D eigenvalue weighted by Crippen LogP contribution is -2.32. The Balaban J connectivity index is 2.34. The van der Waals surface area contributed by atoms with Gasteiger partial charge in [-0.05, 0) is 25.5 Å². The van der Waals surface area contributed by atoms with Crippen molar-refractivity contribution >= 4 is 5.91 Å². The fraction of sp³-hybridized carbons (Fsp3) is 0.500. The predicted octanol–water partition coefficient (Wildman–Crippen LogP) is 1.74. The van der Waals surface area contributed by atoms with Gasteiger partial charge in [0.05, 0.1) is 12.7 Å². The maximum absolute atomic E-state index is 11.3. The van der Waals surface area contributed by atoms with Gasteiger partial charge in [0, 0.05) is 6.04 Å². The molecule has 0 aliphatic carbocycles. The molecular weight excluding hydrogens is 166 g/mol. The number of hydrogen-bond donors (Lipinski definition) is 1. The van der Waals surface area contributed by atoms with Gasteiger partial charge in [0.15, 0.2) is 0 Å². The highest BCUT2D eigenvalue weighted by atomic mass is 16.3. The number of rotatable bonds is 4. The lowest BCUT2D eigenvalue weighted by molar-refractivity contribution is -0.121. The molecule has 1 atom stereocenters. The van der Waals surface area contributed by atoms with E-state index in [1.54, 1.807) is 18.4 Å². The number of carbonyl (C=O) groups is 1. The summed E-state index contributed by atoms with van der Waals surface area (Å²) in [6.07, 6.45) is 2.85. The Morgan fingerprint density at radius 1 is 1.69 bits per heavy atom. The van der Waals surface area contributed by atoms with Crippen molar-refractivity contribution in [2.45, 2.75) is 32.7 Å². The molecule has 1 unspecified atom stereocenters. The lowest BCUT2D eigenvalue weighted by atomic mass is 10.2. The second-order valence-electron chi connectivity index (χ2n) is 3.13. The number of amides is 1. The standard InChI is InChI=1S/C10H15NO2/c1-3-8(2)11-10(12)7-9-5-4-6-13-9/h4-6,8H,3,7H2,1-2H3,(H,11,12). The summed E-state index contributed by atoms with van der Waals surface area (Å²) in [5.74, 6) is 0.727. The van der Waals surface area contributed by atoms with Crippen molar-refractivity contribution in [2.24, 2.45) is 0 Å². The molecule has 0 radical (unpaired) electrons. The molecule has 13 heavy (non-hydrogen) atoms. The summed E-state index contributed by atoms with van der Waals surface area (Å²) < 4.78 is 5.06. The van der Waals surface area contributed by atoms with Crippen LogP contribution in [0.3, 0.4) is 0 Å². The van der Waals surface area contributed by atoms with Gasteiger partial charge < -0.3 is 9.73 Å². The Kier molecular flexibility index (Phi) is 3.55. The summed E-state index contributed by atoms with van der Waals surface area (Å²) in [6.45, 7) is 4.03. The van der Waals surface area contributed by atoms with Gasteiger partial charge >= 0.3 is 0 Å². The van der Waals surface area contributed by atoms with Gasteiger partial charge in [-0.25, -0.2) is 0 Å². The second kappa shape index (κ2) is 4.70. The molecule has 0 saturated heterocycles. The normalized spacial score (nSPS) is 12.5. The van der Waals surface area contributed by atoms with E-state index >= 15 is 0 Å². The molecule has 0 spiro atoms. The Morgan fingerprint density at radius 2 is 2.46 bits per heavy atom. The van der Waals surface area contributed by atoms with Gasteiger partial charge in [0.1, 0.15) is 5.76 Å². The third kappa shape index (κ3) is 3.32. The second-order valence-corrected chi connectivity index (χ2v) is 3.13. The largest absolute Gasteiger partial charge is 0.469 e. The van der Waals surface area contributed by atoms with Crippen LogP contribution < -0.4 is 5.32 Å². The van der Waals surface area contributed by atoms with E-state index in [0.717, 1.165) is 6.42 Å². The monoisotopic (exact) mass is 181 g/mol. The first-order chi connectivity index (χ1) is 6.22. The van der Waals surface area contributed by atoms with E-state index < -0.39 is 0 Å². The number of nitrogens with one attached hydrogen (secondary N) is 1. The van der Waals surface area contributed by atoms with Crippen LogP contribution in [0.4, 0.5) is 0 Å². The smallest absolute Gasteiger partial charge is 0.227 e. The highest BCUT2D eigenvalue weighted by molar-refractivity contribution is 5.78. The van der Waals surface area contributed by atoms with Crippen molar-refractivity contribution < 1.29 is 9.21 Å². The van der Waals surface area contributed by atoms with Crippen LogP contribution in [-0.4, -0.2) is 11.9 Å². The predicted molar refractivity (Wildman–Crippen MR) is 50.3 cm³/mol. The van der Waals surface area contributed by atoms with Crippen molar-refractivity contribution in [1.82, 2.24) is 5.32 Å². The van der Waals surface area contributed by atoms with Crippen LogP contribution in [0.1, 0.15) is 26.0 Å². The van der Waals surface area contributed by atoms with E-state index in [4.69, 9.17) is 4.42 Å². The SMILES string of the molecule is CCC(C)NC(=O)Cc1ccco1. The molecule has 1 rings (SSSR count). The molecule has 0 aliphatic heterocycles. The minimum atomic E-state index is 0.0179. The first kappa shape index (κ1) is 9.84. The topological polar surface area (TPSA) is 42.2 Å². The molecule has 0 fully saturated rings. The van der Waals surface area contributed by atoms with Gasteiger partial charge in [-0.3, -0.25) is 4.79 Å².